The van der Waals surface area contributed by atoms with Gasteiger partial charge in [-0.25, -0.2) is 0 Å². The van der Waals surface area contributed by atoms with E-state index in [0.717, 1.165) is 23.1 Å². The Balaban J connectivity index is 1.42. The van der Waals surface area contributed by atoms with E-state index < -0.39 is 0 Å². The second-order valence-corrected chi connectivity index (χ2v) is 9.23. The topological polar surface area (TPSA) is 99.3 Å². The Morgan fingerprint density at radius 2 is 1.61 bits per heavy atom. The van der Waals surface area contributed by atoms with E-state index in [0.29, 0.717) is 52.1 Å². The molecule has 36 heavy (non-hydrogen) atoms. The summed E-state index contributed by atoms with van der Waals surface area (Å²) < 4.78 is 27.4. The van der Waals surface area contributed by atoms with Gasteiger partial charge in [-0.1, -0.05) is 0 Å². The first kappa shape index (κ1) is 22.3. The molecule has 2 aromatic carbocycles. The number of ether oxygens (including phenoxy) is 5. The Bertz CT molecular complexity index is 1490. The molecule has 3 aromatic rings. The molecule has 1 N–H and O–H groups in total. The summed E-state index contributed by atoms with van der Waals surface area (Å²) >= 11 is 0. The molecule has 2 heterocycles. The molecule has 3 aliphatic rings. The van der Waals surface area contributed by atoms with Crippen LogP contribution in [-0.2, 0) is 5.41 Å². The van der Waals surface area contributed by atoms with Crippen LogP contribution < -0.4 is 23.7 Å². The molecule has 2 unspecified atom stereocenters. The van der Waals surface area contributed by atoms with Gasteiger partial charge < -0.3 is 33.6 Å². The van der Waals surface area contributed by atoms with Crippen molar-refractivity contribution in [1.82, 2.24) is 9.88 Å². The van der Waals surface area contributed by atoms with E-state index in [1.54, 1.807) is 50.5 Å². The maximum atomic E-state index is 13.8. The van der Waals surface area contributed by atoms with Gasteiger partial charge in [0.2, 0.25) is 5.75 Å². The van der Waals surface area contributed by atoms with Crippen molar-refractivity contribution in [3.05, 3.63) is 52.9 Å². The quantitative estimate of drug-likeness (QED) is 0.562. The summed E-state index contributed by atoms with van der Waals surface area (Å²) in [5, 5.41) is 0.753. The van der Waals surface area contributed by atoms with Crippen molar-refractivity contribution in [3.8, 4) is 28.7 Å². The molecule has 0 radical (unpaired) electrons. The predicted molar refractivity (Wildman–Crippen MR) is 131 cm³/mol. The Labute approximate surface area is 207 Å². The van der Waals surface area contributed by atoms with E-state index in [-0.39, 0.29) is 23.0 Å². The number of hydrogen-bond acceptors (Lipinski definition) is 7. The summed E-state index contributed by atoms with van der Waals surface area (Å²) in [7, 11) is 7.74. The summed E-state index contributed by atoms with van der Waals surface area (Å²) in [6, 6.07) is 7.20. The van der Waals surface area contributed by atoms with Crippen LogP contribution in [0.5, 0.6) is 28.7 Å². The van der Waals surface area contributed by atoms with E-state index in [2.05, 4.69) is 4.98 Å². The van der Waals surface area contributed by atoms with Crippen LogP contribution in [0.15, 0.2) is 36.0 Å². The first-order valence-electron chi connectivity index (χ1n) is 11.6. The molecule has 0 bridgehead atoms. The summed E-state index contributed by atoms with van der Waals surface area (Å²) in [5.74, 6) is 2.36. The number of H-pyrrole nitrogens is 1. The van der Waals surface area contributed by atoms with Crippen LogP contribution in [0.1, 0.15) is 32.8 Å². The lowest BCUT2D eigenvalue weighted by atomic mass is 9.81. The highest BCUT2D eigenvalue weighted by atomic mass is 16.5. The number of methoxy groups -OCH3 is 5. The number of likely N-dealkylation sites (tertiary alicyclic amines) is 1. The van der Waals surface area contributed by atoms with Crippen molar-refractivity contribution in [2.45, 2.75) is 11.8 Å². The van der Waals surface area contributed by atoms with Gasteiger partial charge in [0, 0.05) is 34.7 Å². The van der Waals surface area contributed by atoms with Crippen LogP contribution in [0.3, 0.4) is 0 Å². The van der Waals surface area contributed by atoms with E-state index in [4.69, 9.17) is 23.7 Å². The SMILES string of the molecule is COc1cc2c(cc1OC)C13CC1CN(C(=O)c1cc4cc(OC)c(OC)c(OC)c4[nH]1)C3=CC2=O. The Morgan fingerprint density at radius 1 is 0.917 bits per heavy atom. The van der Waals surface area contributed by atoms with Crippen molar-refractivity contribution in [3.63, 3.8) is 0 Å². The molecule has 1 amide bonds. The number of benzene rings is 2. The highest BCUT2D eigenvalue weighted by Gasteiger charge is 2.67. The van der Waals surface area contributed by atoms with Crippen molar-refractivity contribution in [2.24, 2.45) is 5.92 Å². The van der Waals surface area contributed by atoms with E-state index in [1.165, 1.54) is 14.2 Å². The third kappa shape index (κ3) is 2.76. The maximum Gasteiger partial charge on any atom is 0.274 e. The number of amides is 1. The highest BCUT2D eigenvalue weighted by molar-refractivity contribution is 6.10. The number of carbonyl (C=O) groups excluding carboxylic acids is 2. The zero-order valence-corrected chi connectivity index (χ0v) is 20.7. The number of aromatic nitrogens is 1. The normalized spacial score (nSPS) is 21.4. The molecule has 186 valence electrons. The number of aromatic amines is 1. The Kier molecular flexibility index (Phi) is 4.76. The van der Waals surface area contributed by atoms with E-state index >= 15 is 0 Å². The third-order valence-electron chi connectivity index (χ3n) is 7.69. The number of carbonyl (C=O) groups is 2. The number of nitrogens with one attached hydrogen (secondary N) is 1. The minimum absolute atomic E-state index is 0.148. The molecule has 1 saturated heterocycles. The summed E-state index contributed by atoms with van der Waals surface area (Å²) in [4.78, 5) is 31.9. The van der Waals surface area contributed by atoms with Crippen molar-refractivity contribution in [2.75, 3.05) is 42.1 Å². The molecule has 9 heteroatoms. The van der Waals surface area contributed by atoms with Gasteiger partial charge in [0.15, 0.2) is 28.8 Å². The number of allylic oxidation sites excluding steroid dienone is 2. The Morgan fingerprint density at radius 3 is 2.28 bits per heavy atom. The molecule has 1 aliphatic heterocycles. The second-order valence-electron chi connectivity index (χ2n) is 9.23. The van der Waals surface area contributed by atoms with Crippen LogP contribution in [0.25, 0.3) is 10.9 Å². The molecule has 6 rings (SSSR count). The fourth-order valence-electron chi connectivity index (χ4n) is 5.95. The van der Waals surface area contributed by atoms with Gasteiger partial charge in [0.1, 0.15) is 5.69 Å². The molecule has 2 fully saturated rings. The van der Waals surface area contributed by atoms with Gasteiger partial charge in [-0.3, -0.25) is 9.59 Å². The van der Waals surface area contributed by atoms with Gasteiger partial charge in [-0.15, -0.1) is 0 Å². The Hall–Kier alpha value is -4.14. The van der Waals surface area contributed by atoms with Gasteiger partial charge in [0.05, 0.1) is 41.1 Å². The smallest absolute Gasteiger partial charge is 0.274 e. The number of rotatable bonds is 6. The summed E-state index contributed by atoms with van der Waals surface area (Å²) in [5.41, 5.74) is 2.89. The number of fused-ring (bicyclic) bond motifs is 2. The molecule has 1 aromatic heterocycles. The monoisotopic (exact) mass is 490 g/mol. The van der Waals surface area contributed by atoms with Crippen molar-refractivity contribution >= 4 is 22.6 Å². The van der Waals surface area contributed by atoms with Gasteiger partial charge in [-0.05, 0) is 42.2 Å². The molecule has 1 spiro atoms. The van der Waals surface area contributed by atoms with Gasteiger partial charge >= 0.3 is 0 Å². The molecule has 2 atom stereocenters. The number of piperidine rings is 1. The van der Waals surface area contributed by atoms with Gasteiger partial charge in [0.25, 0.3) is 5.91 Å². The standard InChI is InChI=1S/C27H26N2O7/c1-32-19-8-15-16(9-20(19)33-2)27-11-14(27)12-29(22(27)10-18(15)30)26(31)17-6-13-7-21(34-3)24(35-4)25(36-5)23(13)28-17/h6-10,14,28H,11-12H2,1-5H3. The molecule has 9 nitrogen and oxygen atoms in total. The average Bonchev–Trinajstić information content (AvgIpc) is 3.29. The molecular formula is C27H26N2O7. The highest BCUT2D eigenvalue weighted by Crippen LogP contribution is 2.67. The maximum absolute atomic E-state index is 13.8. The van der Waals surface area contributed by atoms with Crippen LogP contribution in [0.2, 0.25) is 0 Å². The van der Waals surface area contributed by atoms with Crippen LogP contribution >= 0.6 is 0 Å². The zero-order chi connectivity index (χ0) is 25.4. The fourth-order valence-corrected chi connectivity index (χ4v) is 5.95. The molecule has 1 saturated carbocycles. The number of hydrogen-bond donors (Lipinski definition) is 1. The lowest BCUT2D eigenvalue weighted by Gasteiger charge is -2.29. The minimum Gasteiger partial charge on any atom is -0.493 e. The predicted octanol–water partition coefficient (Wildman–Crippen LogP) is 3.70. The van der Waals surface area contributed by atoms with E-state index in [9.17, 15) is 9.59 Å². The summed E-state index contributed by atoms with van der Waals surface area (Å²) in [6.45, 7) is 0.533. The van der Waals surface area contributed by atoms with Crippen LogP contribution in [0.4, 0.5) is 0 Å². The van der Waals surface area contributed by atoms with Gasteiger partial charge in [-0.2, -0.15) is 0 Å². The molecular weight excluding hydrogens is 464 g/mol. The average molecular weight is 491 g/mol. The second kappa shape index (κ2) is 7.68. The van der Waals surface area contributed by atoms with Crippen LogP contribution in [0, 0.1) is 5.92 Å². The summed E-state index contributed by atoms with van der Waals surface area (Å²) in [6.07, 6.45) is 2.49. The lowest BCUT2D eigenvalue weighted by Crippen LogP contribution is -2.34. The van der Waals surface area contributed by atoms with Crippen molar-refractivity contribution in [1.29, 1.82) is 0 Å². The number of ketones is 1. The zero-order valence-electron chi connectivity index (χ0n) is 20.7. The fraction of sp³-hybridized carbons (Fsp3) is 0.333. The third-order valence-corrected chi connectivity index (χ3v) is 7.69. The largest absolute Gasteiger partial charge is 0.493 e. The molecule has 2 aliphatic carbocycles. The van der Waals surface area contributed by atoms with Crippen LogP contribution in [-0.4, -0.2) is 63.7 Å². The minimum atomic E-state index is -0.366. The first-order valence-corrected chi connectivity index (χ1v) is 11.6. The van der Waals surface area contributed by atoms with Crippen molar-refractivity contribution < 1.29 is 33.3 Å². The lowest BCUT2D eigenvalue weighted by molar-refractivity contribution is 0.0806. The van der Waals surface area contributed by atoms with E-state index in [1.807, 2.05) is 6.07 Å². The number of nitrogens with zero attached hydrogens (tertiary/aromatic N) is 1. The first-order chi connectivity index (χ1) is 17.4.